The van der Waals surface area contributed by atoms with E-state index in [1.165, 1.54) is 11.9 Å². The van der Waals surface area contributed by atoms with Crippen molar-refractivity contribution in [3.8, 4) is 11.1 Å². The molecule has 1 unspecified atom stereocenters. The summed E-state index contributed by atoms with van der Waals surface area (Å²) in [6.07, 6.45) is -0.400. The first-order chi connectivity index (χ1) is 16.2. The molecule has 1 aliphatic carbocycles. The van der Waals surface area contributed by atoms with Crippen LogP contribution in [0.25, 0.3) is 11.1 Å². The molecule has 1 saturated heterocycles. The molecular formula is C26H30N2O6. The van der Waals surface area contributed by atoms with Crippen molar-refractivity contribution in [3.63, 3.8) is 0 Å². The Hall–Kier alpha value is -3.39. The van der Waals surface area contributed by atoms with Gasteiger partial charge < -0.3 is 24.8 Å². The van der Waals surface area contributed by atoms with Gasteiger partial charge in [-0.25, -0.2) is 9.59 Å². The van der Waals surface area contributed by atoms with Gasteiger partial charge in [-0.15, -0.1) is 0 Å². The number of rotatable bonds is 7. The summed E-state index contributed by atoms with van der Waals surface area (Å²) < 4.78 is 10.8. The van der Waals surface area contributed by atoms with Gasteiger partial charge in [0, 0.05) is 32.5 Å². The molecule has 8 nitrogen and oxygen atoms in total. The predicted octanol–water partition coefficient (Wildman–Crippen LogP) is 3.25. The van der Waals surface area contributed by atoms with Crippen LogP contribution in [0.3, 0.4) is 0 Å². The molecule has 2 N–H and O–H groups in total. The number of ether oxygens (including phenoxy) is 2. The Morgan fingerprint density at radius 1 is 1.12 bits per heavy atom. The van der Waals surface area contributed by atoms with Crippen molar-refractivity contribution >= 4 is 18.0 Å². The zero-order valence-electron chi connectivity index (χ0n) is 19.7. The number of hydrogen-bond acceptors (Lipinski definition) is 5. The van der Waals surface area contributed by atoms with E-state index in [9.17, 15) is 19.5 Å². The van der Waals surface area contributed by atoms with Crippen LogP contribution in [0.2, 0.25) is 0 Å². The quantitative estimate of drug-likeness (QED) is 0.649. The number of carboxylic acids is 1. The van der Waals surface area contributed by atoms with E-state index in [2.05, 4.69) is 17.4 Å². The number of hydrogen-bond donors (Lipinski definition) is 2. The molecule has 0 bridgehead atoms. The molecular weight excluding hydrogens is 436 g/mol. The summed E-state index contributed by atoms with van der Waals surface area (Å²) in [6.45, 7) is 3.74. The van der Waals surface area contributed by atoms with E-state index in [1.807, 2.05) is 36.4 Å². The first-order valence-corrected chi connectivity index (χ1v) is 11.4. The third-order valence-corrected chi connectivity index (χ3v) is 6.94. The predicted molar refractivity (Wildman–Crippen MR) is 125 cm³/mol. The van der Waals surface area contributed by atoms with Crippen LogP contribution in [0.5, 0.6) is 0 Å². The molecule has 1 fully saturated rings. The van der Waals surface area contributed by atoms with Gasteiger partial charge in [-0.05, 0) is 36.1 Å². The highest BCUT2D eigenvalue weighted by atomic mass is 16.5. The van der Waals surface area contributed by atoms with Crippen molar-refractivity contribution in [1.29, 1.82) is 0 Å². The highest BCUT2D eigenvalue weighted by Gasteiger charge is 2.50. The molecule has 1 aliphatic heterocycles. The first-order valence-electron chi connectivity index (χ1n) is 11.4. The zero-order chi connectivity index (χ0) is 24.5. The topological polar surface area (TPSA) is 105 Å². The second kappa shape index (κ2) is 9.10. The molecule has 4 rings (SSSR count). The minimum absolute atomic E-state index is 0.00338. The Morgan fingerprint density at radius 3 is 2.24 bits per heavy atom. The van der Waals surface area contributed by atoms with E-state index in [0.29, 0.717) is 0 Å². The number of likely N-dealkylation sites (N-methyl/N-ethyl adjacent to an activating group) is 1. The maximum absolute atomic E-state index is 13.1. The summed E-state index contributed by atoms with van der Waals surface area (Å²) in [5.74, 6) is -1.54. The number of benzene rings is 2. The van der Waals surface area contributed by atoms with Crippen LogP contribution in [0.4, 0.5) is 4.79 Å². The Balaban J connectivity index is 1.37. The van der Waals surface area contributed by atoms with Crippen molar-refractivity contribution in [2.24, 2.45) is 5.41 Å². The molecule has 1 atom stereocenters. The van der Waals surface area contributed by atoms with Gasteiger partial charge in [0.2, 0.25) is 5.91 Å². The maximum atomic E-state index is 13.1. The second-order valence-electron chi connectivity index (χ2n) is 9.57. The molecule has 2 aromatic carbocycles. The molecule has 34 heavy (non-hydrogen) atoms. The van der Waals surface area contributed by atoms with Gasteiger partial charge in [0.05, 0.1) is 12.0 Å². The van der Waals surface area contributed by atoms with Crippen molar-refractivity contribution in [2.75, 3.05) is 33.4 Å². The Labute approximate surface area is 198 Å². The number of alkyl carbamates (subject to hydrolysis) is 1. The third kappa shape index (κ3) is 4.14. The van der Waals surface area contributed by atoms with E-state index >= 15 is 0 Å². The molecule has 2 amide bonds. The average molecular weight is 467 g/mol. The van der Waals surface area contributed by atoms with E-state index in [0.717, 1.165) is 22.3 Å². The molecule has 180 valence electrons. The van der Waals surface area contributed by atoms with Gasteiger partial charge in [-0.2, -0.15) is 0 Å². The smallest absolute Gasteiger partial charge is 0.407 e. The van der Waals surface area contributed by atoms with E-state index in [1.54, 1.807) is 13.8 Å². The van der Waals surface area contributed by atoms with Crippen LogP contribution in [0.15, 0.2) is 48.5 Å². The van der Waals surface area contributed by atoms with Crippen LogP contribution in [-0.4, -0.2) is 66.9 Å². The van der Waals surface area contributed by atoms with Gasteiger partial charge in [0.15, 0.2) is 5.54 Å². The Bertz CT molecular complexity index is 1060. The number of nitrogens with zero attached hydrogens (tertiary/aromatic N) is 1. The second-order valence-corrected chi connectivity index (χ2v) is 9.57. The Kier molecular flexibility index (Phi) is 6.36. The summed E-state index contributed by atoms with van der Waals surface area (Å²) in [7, 11) is 1.47. The molecule has 0 saturated carbocycles. The molecule has 0 radical (unpaired) electrons. The standard InChI is InChI=1S/C26H30N2O6/c1-25(2,22(29)28(3)26(23(30)31)12-13-33-16-26)15-27-24(32)34-14-21-19-10-6-4-8-17(19)18-9-5-7-11-20(18)21/h4-11,21H,12-16H2,1-3H3,(H,27,32)(H,30,31). The zero-order valence-corrected chi connectivity index (χ0v) is 19.7. The monoisotopic (exact) mass is 466 g/mol. The number of nitrogens with one attached hydrogen (secondary N) is 1. The fourth-order valence-corrected chi connectivity index (χ4v) is 4.80. The lowest BCUT2D eigenvalue weighted by molar-refractivity contribution is -0.161. The lowest BCUT2D eigenvalue weighted by atomic mass is 9.87. The number of carbonyl (C=O) groups excluding carboxylic acids is 2. The van der Waals surface area contributed by atoms with Crippen LogP contribution in [0.1, 0.15) is 37.3 Å². The summed E-state index contributed by atoms with van der Waals surface area (Å²) in [4.78, 5) is 38.8. The Morgan fingerprint density at radius 2 is 1.71 bits per heavy atom. The van der Waals surface area contributed by atoms with Crippen LogP contribution >= 0.6 is 0 Å². The van der Waals surface area contributed by atoms with Gasteiger partial charge in [-0.3, -0.25) is 4.79 Å². The SMILES string of the molecule is CN(C(=O)C(C)(C)CNC(=O)OCC1c2ccccc2-c2ccccc21)C1(C(=O)O)CCOC1. The van der Waals surface area contributed by atoms with Gasteiger partial charge in [0.25, 0.3) is 0 Å². The van der Waals surface area contributed by atoms with E-state index in [4.69, 9.17) is 9.47 Å². The highest BCUT2D eigenvalue weighted by Crippen LogP contribution is 2.44. The number of aliphatic carboxylic acids is 1. The normalized spacial score (nSPS) is 19.3. The minimum atomic E-state index is -1.39. The van der Waals surface area contributed by atoms with Crippen molar-refractivity contribution in [3.05, 3.63) is 59.7 Å². The van der Waals surface area contributed by atoms with Crippen molar-refractivity contribution in [2.45, 2.75) is 31.7 Å². The largest absolute Gasteiger partial charge is 0.479 e. The molecule has 1 heterocycles. The molecule has 0 aromatic heterocycles. The molecule has 0 spiro atoms. The van der Waals surface area contributed by atoms with Crippen LogP contribution < -0.4 is 5.32 Å². The van der Waals surface area contributed by atoms with Gasteiger partial charge in [-0.1, -0.05) is 48.5 Å². The van der Waals surface area contributed by atoms with E-state index in [-0.39, 0.29) is 44.6 Å². The minimum Gasteiger partial charge on any atom is -0.479 e. The van der Waals surface area contributed by atoms with E-state index < -0.39 is 23.0 Å². The van der Waals surface area contributed by atoms with Crippen molar-refractivity contribution in [1.82, 2.24) is 10.2 Å². The fourth-order valence-electron chi connectivity index (χ4n) is 4.80. The number of fused-ring (bicyclic) bond motifs is 3. The maximum Gasteiger partial charge on any atom is 0.407 e. The molecule has 2 aliphatic rings. The molecule has 2 aromatic rings. The fraction of sp³-hybridized carbons (Fsp3) is 0.423. The number of carbonyl (C=O) groups is 3. The first kappa shape index (κ1) is 23.8. The lowest BCUT2D eigenvalue weighted by Crippen LogP contribution is -2.59. The van der Waals surface area contributed by atoms with Gasteiger partial charge in [0.1, 0.15) is 6.61 Å². The highest BCUT2D eigenvalue weighted by molar-refractivity contribution is 5.90. The summed E-state index contributed by atoms with van der Waals surface area (Å²) in [6, 6.07) is 16.2. The summed E-state index contributed by atoms with van der Waals surface area (Å²) in [5.41, 5.74) is 2.09. The van der Waals surface area contributed by atoms with Crippen molar-refractivity contribution < 1.29 is 29.0 Å². The average Bonchev–Trinajstić information content (AvgIpc) is 3.45. The van der Waals surface area contributed by atoms with Crippen LogP contribution in [-0.2, 0) is 19.1 Å². The van der Waals surface area contributed by atoms with Crippen LogP contribution in [0, 0.1) is 5.41 Å². The summed E-state index contributed by atoms with van der Waals surface area (Å²) in [5, 5.41) is 12.4. The molecule has 8 heteroatoms. The van der Waals surface area contributed by atoms with Gasteiger partial charge >= 0.3 is 12.1 Å². The number of amides is 2. The number of carboxylic acid groups (broad SMARTS) is 1. The lowest BCUT2D eigenvalue weighted by Gasteiger charge is -2.38. The third-order valence-electron chi connectivity index (χ3n) is 6.94. The summed E-state index contributed by atoms with van der Waals surface area (Å²) >= 11 is 0.